The Labute approximate surface area is 107 Å². The predicted octanol–water partition coefficient (Wildman–Crippen LogP) is 0.909. The molecule has 2 N–H and O–H groups in total. The first-order chi connectivity index (χ1) is 8.72. The summed E-state index contributed by atoms with van der Waals surface area (Å²) >= 11 is 0. The third kappa shape index (κ3) is 3.46. The minimum Gasteiger partial charge on any atom is -0.373 e. The van der Waals surface area contributed by atoms with Gasteiger partial charge < -0.3 is 19.9 Å². The van der Waals surface area contributed by atoms with Gasteiger partial charge in [0.15, 0.2) is 5.96 Å². The molecule has 0 aromatic carbocycles. The second-order valence-electron chi connectivity index (χ2n) is 4.67. The van der Waals surface area contributed by atoms with E-state index < -0.39 is 0 Å². The van der Waals surface area contributed by atoms with Crippen molar-refractivity contribution >= 4 is 5.96 Å². The Morgan fingerprint density at radius 3 is 3.06 bits per heavy atom. The van der Waals surface area contributed by atoms with Gasteiger partial charge in [0.25, 0.3) is 0 Å². The zero-order chi connectivity index (χ0) is 12.8. The van der Waals surface area contributed by atoms with Gasteiger partial charge >= 0.3 is 0 Å². The minimum absolute atomic E-state index is 0.0779. The van der Waals surface area contributed by atoms with E-state index in [1.54, 1.807) is 13.3 Å². The smallest absolute Gasteiger partial charge is 0.191 e. The van der Waals surface area contributed by atoms with Crippen molar-refractivity contribution < 1.29 is 9.26 Å². The van der Waals surface area contributed by atoms with Crippen LogP contribution in [0.5, 0.6) is 0 Å². The van der Waals surface area contributed by atoms with Crippen LogP contribution in [0, 0.1) is 0 Å². The monoisotopic (exact) mass is 252 g/mol. The van der Waals surface area contributed by atoms with Gasteiger partial charge in [-0.05, 0) is 19.8 Å². The van der Waals surface area contributed by atoms with Gasteiger partial charge in [-0.1, -0.05) is 5.16 Å². The van der Waals surface area contributed by atoms with Crippen LogP contribution >= 0.6 is 0 Å². The highest BCUT2D eigenvalue weighted by Gasteiger charge is 2.29. The summed E-state index contributed by atoms with van der Waals surface area (Å²) in [5, 5.41) is 10.3. The van der Waals surface area contributed by atoms with Crippen molar-refractivity contribution in [2.75, 3.05) is 20.2 Å². The fourth-order valence-electron chi connectivity index (χ4n) is 1.97. The Hall–Kier alpha value is -1.56. The maximum atomic E-state index is 5.71. The molecule has 1 aromatic heterocycles. The standard InChI is InChI=1S/C12H20N4O2/c1-12(5-3-6-17-12)9-15-11(13-2)14-8-10-4-7-18-16-10/h4,7H,3,5-6,8-9H2,1-2H3,(H2,13,14,15). The van der Waals surface area contributed by atoms with Gasteiger partial charge in [-0.2, -0.15) is 0 Å². The van der Waals surface area contributed by atoms with E-state index in [0.29, 0.717) is 6.54 Å². The highest BCUT2D eigenvalue weighted by molar-refractivity contribution is 5.79. The molecule has 1 aliphatic heterocycles. The Morgan fingerprint density at radius 2 is 2.44 bits per heavy atom. The molecule has 2 heterocycles. The Bertz CT molecular complexity index is 383. The van der Waals surface area contributed by atoms with E-state index in [4.69, 9.17) is 9.26 Å². The number of aliphatic imine (C=N–C) groups is 1. The van der Waals surface area contributed by atoms with Crippen LogP contribution in [-0.2, 0) is 11.3 Å². The lowest BCUT2D eigenvalue weighted by Crippen LogP contribution is -2.45. The van der Waals surface area contributed by atoms with E-state index in [9.17, 15) is 0 Å². The number of nitrogens with one attached hydrogen (secondary N) is 2. The number of aromatic nitrogens is 1. The van der Waals surface area contributed by atoms with E-state index in [1.807, 2.05) is 6.07 Å². The lowest BCUT2D eigenvalue weighted by Gasteiger charge is -2.24. The molecule has 0 spiro atoms. The third-order valence-corrected chi connectivity index (χ3v) is 3.08. The molecular formula is C12H20N4O2. The molecule has 2 rings (SSSR count). The molecule has 0 aliphatic carbocycles. The Morgan fingerprint density at radius 1 is 1.56 bits per heavy atom. The fraction of sp³-hybridized carbons (Fsp3) is 0.667. The van der Waals surface area contributed by atoms with Gasteiger partial charge in [0.2, 0.25) is 0 Å². The van der Waals surface area contributed by atoms with E-state index in [0.717, 1.165) is 37.6 Å². The maximum absolute atomic E-state index is 5.71. The summed E-state index contributed by atoms with van der Waals surface area (Å²) in [5.41, 5.74) is 0.771. The van der Waals surface area contributed by atoms with E-state index >= 15 is 0 Å². The Balaban J connectivity index is 1.75. The molecule has 6 heteroatoms. The van der Waals surface area contributed by atoms with Crippen molar-refractivity contribution in [2.45, 2.75) is 31.9 Å². The number of guanidine groups is 1. The molecule has 1 aliphatic rings. The van der Waals surface area contributed by atoms with Crippen molar-refractivity contribution in [3.8, 4) is 0 Å². The van der Waals surface area contributed by atoms with E-state index in [2.05, 4.69) is 27.7 Å². The van der Waals surface area contributed by atoms with Crippen molar-refractivity contribution in [3.63, 3.8) is 0 Å². The summed E-state index contributed by atoms with van der Waals surface area (Å²) < 4.78 is 10.5. The Kier molecular flexibility index (Phi) is 4.19. The fourth-order valence-corrected chi connectivity index (χ4v) is 1.97. The van der Waals surface area contributed by atoms with Gasteiger partial charge in [0.1, 0.15) is 12.0 Å². The first-order valence-electron chi connectivity index (χ1n) is 6.20. The highest BCUT2D eigenvalue weighted by atomic mass is 16.5. The summed E-state index contributed by atoms with van der Waals surface area (Å²) in [6, 6.07) is 1.82. The number of nitrogens with zero attached hydrogens (tertiary/aromatic N) is 2. The second-order valence-corrected chi connectivity index (χ2v) is 4.67. The molecule has 0 amide bonds. The van der Waals surface area contributed by atoms with Crippen LogP contribution in [0.4, 0.5) is 0 Å². The number of hydrogen-bond donors (Lipinski definition) is 2. The van der Waals surface area contributed by atoms with Gasteiger partial charge in [0, 0.05) is 26.3 Å². The van der Waals surface area contributed by atoms with Gasteiger partial charge in [-0.3, -0.25) is 4.99 Å². The molecule has 1 saturated heterocycles. The molecule has 1 fully saturated rings. The molecule has 1 atom stereocenters. The number of ether oxygens (including phenoxy) is 1. The molecular weight excluding hydrogens is 232 g/mol. The highest BCUT2D eigenvalue weighted by Crippen LogP contribution is 2.23. The first kappa shape index (κ1) is 12.9. The zero-order valence-electron chi connectivity index (χ0n) is 10.9. The molecule has 0 bridgehead atoms. The van der Waals surface area contributed by atoms with E-state index in [1.165, 1.54) is 0 Å². The van der Waals surface area contributed by atoms with Crippen LogP contribution in [0.3, 0.4) is 0 Å². The van der Waals surface area contributed by atoms with Gasteiger partial charge in [0.05, 0.1) is 12.1 Å². The zero-order valence-corrected chi connectivity index (χ0v) is 10.9. The SMILES string of the molecule is CN=C(NCc1ccon1)NCC1(C)CCCO1. The van der Waals surface area contributed by atoms with Crippen LogP contribution in [0.15, 0.2) is 21.8 Å². The minimum atomic E-state index is -0.0779. The van der Waals surface area contributed by atoms with Crippen LogP contribution < -0.4 is 10.6 Å². The summed E-state index contributed by atoms with van der Waals surface area (Å²) in [6.45, 7) is 4.32. The summed E-state index contributed by atoms with van der Waals surface area (Å²) in [5.74, 6) is 0.745. The number of rotatable bonds is 4. The maximum Gasteiger partial charge on any atom is 0.191 e. The van der Waals surface area contributed by atoms with Crippen molar-refractivity contribution in [1.82, 2.24) is 15.8 Å². The molecule has 1 aromatic rings. The molecule has 18 heavy (non-hydrogen) atoms. The molecule has 6 nitrogen and oxygen atoms in total. The lowest BCUT2D eigenvalue weighted by atomic mass is 10.0. The van der Waals surface area contributed by atoms with Crippen LogP contribution in [-0.4, -0.2) is 36.9 Å². The molecule has 100 valence electrons. The molecule has 0 saturated carbocycles. The van der Waals surface area contributed by atoms with Crippen molar-refractivity contribution in [2.24, 2.45) is 4.99 Å². The first-order valence-corrected chi connectivity index (χ1v) is 6.20. The summed E-state index contributed by atoms with van der Waals surface area (Å²) in [4.78, 5) is 4.16. The third-order valence-electron chi connectivity index (χ3n) is 3.08. The van der Waals surface area contributed by atoms with Gasteiger partial charge in [-0.25, -0.2) is 0 Å². The van der Waals surface area contributed by atoms with E-state index in [-0.39, 0.29) is 5.60 Å². The largest absolute Gasteiger partial charge is 0.373 e. The van der Waals surface area contributed by atoms with Crippen LogP contribution in [0.25, 0.3) is 0 Å². The second kappa shape index (κ2) is 5.86. The van der Waals surface area contributed by atoms with Crippen LogP contribution in [0.1, 0.15) is 25.5 Å². The lowest BCUT2D eigenvalue weighted by molar-refractivity contribution is 0.0243. The van der Waals surface area contributed by atoms with Crippen molar-refractivity contribution in [3.05, 3.63) is 18.0 Å². The molecule has 0 radical (unpaired) electrons. The van der Waals surface area contributed by atoms with Crippen LogP contribution in [0.2, 0.25) is 0 Å². The summed E-state index contributed by atoms with van der Waals surface area (Å²) in [6.07, 6.45) is 3.77. The quantitative estimate of drug-likeness (QED) is 0.615. The van der Waals surface area contributed by atoms with Gasteiger partial charge in [-0.15, -0.1) is 0 Å². The summed E-state index contributed by atoms with van der Waals surface area (Å²) in [7, 11) is 1.75. The normalized spacial score (nSPS) is 24.2. The predicted molar refractivity (Wildman–Crippen MR) is 68.3 cm³/mol. The average molecular weight is 252 g/mol. The van der Waals surface area contributed by atoms with Crippen molar-refractivity contribution in [1.29, 1.82) is 0 Å². The number of hydrogen-bond acceptors (Lipinski definition) is 4. The average Bonchev–Trinajstić information content (AvgIpc) is 3.01. The molecule has 1 unspecified atom stereocenters. The topological polar surface area (TPSA) is 71.7 Å².